The van der Waals surface area contributed by atoms with Crippen LogP contribution in [0, 0.1) is 6.92 Å². The molecule has 13 heteroatoms. The number of benzene rings is 2. The molecule has 0 radical (unpaired) electrons. The Morgan fingerprint density at radius 2 is 1.60 bits per heavy atom. The minimum atomic E-state index is -1.46. The molecular weight excluding hydrogens is 562 g/mol. The molecule has 1 fully saturated rings. The zero-order valence-electron chi connectivity index (χ0n) is 24.4. The van der Waals surface area contributed by atoms with E-state index in [-0.39, 0.29) is 12.3 Å². The summed E-state index contributed by atoms with van der Waals surface area (Å²) in [6.45, 7) is 6.44. The Morgan fingerprint density at radius 1 is 0.930 bits per heavy atom. The molecule has 1 N–H and O–H groups in total. The van der Waals surface area contributed by atoms with Crippen molar-refractivity contribution < 1.29 is 47.8 Å². The first-order valence-corrected chi connectivity index (χ1v) is 13.6. The van der Waals surface area contributed by atoms with Crippen LogP contribution in [0.1, 0.15) is 44.4 Å². The summed E-state index contributed by atoms with van der Waals surface area (Å²) in [5.41, 5.74) is 2.93. The highest BCUT2D eigenvalue weighted by molar-refractivity contribution is 6.54. The molecule has 0 spiro atoms. The molecule has 5 atom stereocenters. The van der Waals surface area contributed by atoms with Gasteiger partial charge in [-0.3, -0.25) is 24.0 Å². The molecular formula is C30H33N3O10. The molecule has 2 aliphatic heterocycles. The van der Waals surface area contributed by atoms with E-state index in [1.54, 1.807) is 11.0 Å². The van der Waals surface area contributed by atoms with Crippen molar-refractivity contribution in [3.8, 4) is 0 Å². The van der Waals surface area contributed by atoms with Crippen molar-refractivity contribution in [3.05, 3.63) is 65.2 Å². The Morgan fingerprint density at radius 3 is 2.23 bits per heavy atom. The predicted molar refractivity (Wildman–Crippen MR) is 150 cm³/mol. The maximum atomic E-state index is 13.7. The second-order valence-corrected chi connectivity index (χ2v) is 10.2. The summed E-state index contributed by atoms with van der Waals surface area (Å²) in [6.07, 6.45) is -5.26. The summed E-state index contributed by atoms with van der Waals surface area (Å²) in [5, 5.41) is 6.78. The van der Waals surface area contributed by atoms with Crippen LogP contribution in [0.2, 0.25) is 0 Å². The van der Waals surface area contributed by atoms with E-state index in [2.05, 4.69) is 10.5 Å². The minimum Gasteiger partial charge on any atom is -0.463 e. The molecule has 1 saturated heterocycles. The number of nitrogens with zero attached hydrogens (tertiary/aromatic N) is 2. The Balaban J connectivity index is 1.71. The zero-order valence-corrected chi connectivity index (χ0v) is 24.4. The third-order valence-electron chi connectivity index (χ3n) is 6.65. The van der Waals surface area contributed by atoms with Crippen LogP contribution < -0.4 is 10.2 Å². The lowest BCUT2D eigenvalue weighted by atomic mass is 9.96. The average Bonchev–Trinajstić information content (AvgIpc) is 3.18. The van der Waals surface area contributed by atoms with E-state index in [0.717, 1.165) is 25.0 Å². The second-order valence-electron chi connectivity index (χ2n) is 10.2. The van der Waals surface area contributed by atoms with Crippen molar-refractivity contribution in [2.75, 3.05) is 11.5 Å². The first kappa shape index (κ1) is 31.2. The Kier molecular flexibility index (Phi) is 9.76. The number of oxime groups is 1. The second kappa shape index (κ2) is 13.5. The molecule has 0 aromatic heterocycles. The van der Waals surface area contributed by atoms with Gasteiger partial charge in [0, 0.05) is 33.3 Å². The van der Waals surface area contributed by atoms with Crippen LogP contribution in [-0.2, 0) is 54.3 Å². The van der Waals surface area contributed by atoms with Crippen LogP contribution in [-0.4, -0.2) is 72.7 Å². The first-order chi connectivity index (χ1) is 20.4. The highest BCUT2D eigenvalue weighted by Gasteiger charge is 2.52. The number of nitrogens with one attached hydrogen (secondary N) is 1. The van der Waals surface area contributed by atoms with Gasteiger partial charge in [0.25, 0.3) is 12.2 Å². The maximum absolute atomic E-state index is 13.7. The number of amides is 2. The predicted octanol–water partition coefficient (Wildman–Crippen LogP) is 1.92. The number of ether oxygens (including phenoxy) is 4. The van der Waals surface area contributed by atoms with Crippen molar-refractivity contribution in [2.24, 2.45) is 5.16 Å². The summed E-state index contributed by atoms with van der Waals surface area (Å²) in [5.74, 6) is -3.09. The zero-order chi connectivity index (χ0) is 31.3. The van der Waals surface area contributed by atoms with E-state index in [0.29, 0.717) is 11.3 Å². The van der Waals surface area contributed by atoms with Gasteiger partial charge >= 0.3 is 17.9 Å². The number of carbonyl (C=O) groups excluding carboxylic acids is 5. The van der Waals surface area contributed by atoms with Crippen molar-refractivity contribution in [2.45, 2.75) is 71.8 Å². The van der Waals surface area contributed by atoms with Crippen LogP contribution in [0.4, 0.5) is 5.69 Å². The summed E-state index contributed by atoms with van der Waals surface area (Å²) < 4.78 is 22.0. The van der Waals surface area contributed by atoms with Gasteiger partial charge in [0.15, 0.2) is 17.9 Å². The van der Waals surface area contributed by atoms with E-state index in [1.807, 2.05) is 49.4 Å². The quantitative estimate of drug-likeness (QED) is 0.258. The highest BCUT2D eigenvalue weighted by Crippen LogP contribution is 2.33. The lowest BCUT2D eigenvalue weighted by Crippen LogP contribution is -2.66. The van der Waals surface area contributed by atoms with Gasteiger partial charge in [0.1, 0.15) is 18.8 Å². The normalized spacial score (nSPS) is 23.7. The van der Waals surface area contributed by atoms with E-state index >= 15 is 0 Å². The maximum Gasteiger partial charge on any atom is 0.303 e. The van der Waals surface area contributed by atoms with E-state index in [4.69, 9.17) is 23.8 Å². The van der Waals surface area contributed by atoms with Crippen LogP contribution >= 0.6 is 0 Å². The molecule has 0 aliphatic carbocycles. The van der Waals surface area contributed by atoms with Gasteiger partial charge in [-0.2, -0.15) is 0 Å². The standard InChI is InChI=1S/C30H33N3O10/c1-16-11-12-23-22(13-16)25(29(38)33(23)14-21-9-7-6-8-10-21)32-43-30-26(31-17(2)34)28(41-20(5)37)27(40-19(4)36)24(42-30)15-39-18(3)35/h6-13,24,26-28,30H,14-15H2,1-5H3,(H,31,34)/t24-,26+,27-,28+,30+/m1/s1. The lowest BCUT2D eigenvalue weighted by Gasteiger charge is -2.43. The number of rotatable bonds is 9. The van der Waals surface area contributed by atoms with E-state index < -0.39 is 67.0 Å². The van der Waals surface area contributed by atoms with Crippen molar-refractivity contribution in [1.29, 1.82) is 0 Å². The van der Waals surface area contributed by atoms with Gasteiger partial charge in [-0.1, -0.05) is 47.1 Å². The molecule has 228 valence electrons. The van der Waals surface area contributed by atoms with Gasteiger partial charge in [-0.15, -0.1) is 0 Å². The smallest absolute Gasteiger partial charge is 0.303 e. The molecule has 2 aromatic rings. The highest BCUT2D eigenvalue weighted by atomic mass is 16.8. The summed E-state index contributed by atoms with van der Waals surface area (Å²) >= 11 is 0. The number of hydrogen-bond donors (Lipinski definition) is 1. The number of anilines is 1. The molecule has 2 amide bonds. The summed E-state index contributed by atoms with van der Waals surface area (Å²) in [7, 11) is 0. The van der Waals surface area contributed by atoms with Crippen molar-refractivity contribution in [3.63, 3.8) is 0 Å². The fourth-order valence-electron chi connectivity index (χ4n) is 4.92. The number of fused-ring (bicyclic) bond motifs is 1. The minimum absolute atomic E-state index is 0.0116. The Bertz CT molecular complexity index is 1430. The average molecular weight is 596 g/mol. The topological polar surface area (TPSA) is 159 Å². The number of hydrogen-bond acceptors (Lipinski definition) is 11. The van der Waals surface area contributed by atoms with Crippen LogP contribution in [0.15, 0.2) is 53.7 Å². The molecule has 0 bridgehead atoms. The van der Waals surface area contributed by atoms with Gasteiger partial charge in [-0.05, 0) is 24.6 Å². The van der Waals surface area contributed by atoms with E-state index in [1.165, 1.54) is 13.8 Å². The van der Waals surface area contributed by atoms with Gasteiger partial charge in [-0.25, -0.2) is 0 Å². The lowest BCUT2D eigenvalue weighted by molar-refractivity contribution is -0.278. The molecule has 43 heavy (non-hydrogen) atoms. The van der Waals surface area contributed by atoms with Crippen LogP contribution in [0.3, 0.4) is 0 Å². The number of esters is 3. The van der Waals surface area contributed by atoms with Crippen molar-refractivity contribution >= 4 is 41.1 Å². The molecule has 2 heterocycles. The van der Waals surface area contributed by atoms with Gasteiger partial charge in [0.05, 0.1) is 12.2 Å². The summed E-state index contributed by atoms with van der Waals surface area (Å²) in [4.78, 5) is 68.9. The SMILES string of the molecule is CC(=O)N[C@@H]1[C@H](ON=C2C(=O)N(Cc3ccccc3)c3ccc(C)cc32)O[C@H](COC(C)=O)[C@@H](OC(C)=O)[C@H]1OC(C)=O. The Labute approximate surface area is 248 Å². The van der Waals surface area contributed by atoms with Gasteiger partial charge < -0.3 is 34.0 Å². The number of carbonyl (C=O) groups is 5. The van der Waals surface area contributed by atoms with Crippen LogP contribution in [0.5, 0.6) is 0 Å². The molecule has 4 rings (SSSR count). The summed E-state index contributed by atoms with van der Waals surface area (Å²) in [6, 6.07) is 13.7. The fraction of sp³-hybridized carbons (Fsp3) is 0.400. The van der Waals surface area contributed by atoms with Gasteiger partial charge in [0.2, 0.25) is 5.91 Å². The third-order valence-corrected chi connectivity index (χ3v) is 6.65. The first-order valence-electron chi connectivity index (χ1n) is 13.6. The molecule has 2 aliphatic rings. The van der Waals surface area contributed by atoms with Crippen molar-refractivity contribution in [1.82, 2.24) is 5.32 Å². The molecule has 0 saturated carbocycles. The molecule has 13 nitrogen and oxygen atoms in total. The van der Waals surface area contributed by atoms with E-state index in [9.17, 15) is 24.0 Å². The largest absolute Gasteiger partial charge is 0.463 e. The number of aryl methyl sites for hydroxylation is 1. The third kappa shape index (κ3) is 7.55. The van der Waals surface area contributed by atoms with Crippen LogP contribution in [0.25, 0.3) is 0 Å². The Hall–Kier alpha value is -4.78. The molecule has 0 unspecified atom stereocenters. The fourth-order valence-corrected chi connectivity index (χ4v) is 4.92. The molecule has 2 aromatic carbocycles. The monoisotopic (exact) mass is 595 g/mol.